The number of carbonyl (C=O) groups excluding carboxylic acids is 1. The molecule has 0 unspecified atom stereocenters. The van der Waals surface area contributed by atoms with Gasteiger partial charge in [-0.25, -0.2) is 4.68 Å². The molecule has 0 aliphatic rings. The predicted molar refractivity (Wildman–Crippen MR) is 69.1 cm³/mol. The number of hydrogen-bond donors (Lipinski definition) is 2. The molecular weight excluding hydrogens is 264 g/mol. The second kappa shape index (κ2) is 5.91. The SMILES string of the molecule is O=C(O)CCNC(=O)Cn1nnc2ccccc2c1=O. The van der Waals surface area contributed by atoms with Gasteiger partial charge in [0.1, 0.15) is 12.1 Å². The lowest BCUT2D eigenvalue weighted by atomic mass is 10.2. The summed E-state index contributed by atoms with van der Waals surface area (Å²) in [5.74, 6) is -1.49. The topological polar surface area (TPSA) is 114 Å². The summed E-state index contributed by atoms with van der Waals surface area (Å²) in [5, 5.41) is 18.7. The number of hydrogen-bond acceptors (Lipinski definition) is 5. The Kier molecular flexibility index (Phi) is 4.04. The Morgan fingerprint density at radius 3 is 2.80 bits per heavy atom. The van der Waals surface area contributed by atoms with Gasteiger partial charge in [-0.05, 0) is 12.1 Å². The number of carboxylic acid groups (broad SMARTS) is 1. The maximum atomic E-state index is 12.0. The standard InChI is InChI=1S/C12H12N4O4/c17-10(13-6-5-11(18)19)7-16-12(20)8-3-1-2-4-9(8)14-15-16/h1-4H,5-7H2,(H,13,17)(H,18,19). The molecule has 104 valence electrons. The number of rotatable bonds is 5. The van der Waals surface area contributed by atoms with E-state index in [0.717, 1.165) is 4.68 Å². The van der Waals surface area contributed by atoms with Gasteiger partial charge in [-0.15, -0.1) is 5.10 Å². The highest BCUT2D eigenvalue weighted by Crippen LogP contribution is 2.02. The average Bonchev–Trinajstić information content (AvgIpc) is 2.42. The largest absolute Gasteiger partial charge is 0.481 e. The lowest BCUT2D eigenvalue weighted by molar-refractivity contribution is -0.136. The zero-order valence-electron chi connectivity index (χ0n) is 10.4. The Bertz CT molecular complexity index is 710. The van der Waals surface area contributed by atoms with Crippen molar-refractivity contribution in [2.24, 2.45) is 0 Å². The Balaban J connectivity index is 2.10. The maximum absolute atomic E-state index is 12.0. The van der Waals surface area contributed by atoms with E-state index in [-0.39, 0.29) is 19.5 Å². The van der Waals surface area contributed by atoms with Gasteiger partial charge >= 0.3 is 5.97 Å². The number of carboxylic acids is 1. The van der Waals surface area contributed by atoms with Crippen molar-refractivity contribution in [3.63, 3.8) is 0 Å². The van der Waals surface area contributed by atoms with Crippen LogP contribution in [0.25, 0.3) is 10.9 Å². The molecule has 0 fully saturated rings. The molecule has 8 heteroatoms. The maximum Gasteiger partial charge on any atom is 0.305 e. The zero-order valence-corrected chi connectivity index (χ0v) is 10.4. The van der Waals surface area contributed by atoms with Gasteiger partial charge in [0.15, 0.2) is 0 Å². The van der Waals surface area contributed by atoms with Gasteiger partial charge in [-0.2, -0.15) is 0 Å². The monoisotopic (exact) mass is 276 g/mol. The van der Waals surface area contributed by atoms with Crippen molar-refractivity contribution in [2.45, 2.75) is 13.0 Å². The Labute approximate surface area is 113 Å². The predicted octanol–water partition coefficient (Wildman–Crippen LogP) is -0.618. The minimum atomic E-state index is -1.01. The summed E-state index contributed by atoms with van der Waals surface area (Å²) in [4.78, 5) is 33.9. The van der Waals surface area contributed by atoms with Gasteiger partial charge in [0, 0.05) is 6.54 Å². The van der Waals surface area contributed by atoms with Gasteiger partial charge in [-0.3, -0.25) is 14.4 Å². The molecule has 1 amide bonds. The molecule has 0 saturated heterocycles. The molecule has 0 spiro atoms. The van der Waals surface area contributed by atoms with Crippen LogP contribution in [0.1, 0.15) is 6.42 Å². The number of aromatic nitrogens is 3. The summed E-state index contributed by atoms with van der Waals surface area (Å²) in [7, 11) is 0. The molecule has 1 heterocycles. The number of carbonyl (C=O) groups is 2. The molecule has 0 saturated carbocycles. The van der Waals surface area contributed by atoms with Gasteiger partial charge in [0.2, 0.25) is 5.91 Å². The number of benzene rings is 1. The van der Waals surface area contributed by atoms with Crippen LogP contribution >= 0.6 is 0 Å². The first-order valence-electron chi connectivity index (χ1n) is 5.89. The van der Waals surface area contributed by atoms with Crippen LogP contribution in [0.5, 0.6) is 0 Å². The van der Waals surface area contributed by atoms with Gasteiger partial charge in [-0.1, -0.05) is 17.3 Å². The van der Waals surface area contributed by atoms with Crippen LogP contribution in [0.15, 0.2) is 29.1 Å². The normalized spacial score (nSPS) is 10.4. The molecule has 1 aromatic carbocycles. The van der Waals surface area contributed by atoms with Gasteiger partial charge in [0.05, 0.1) is 11.8 Å². The lowest BCUT2D eigenvalue weighted by Gasteiger charge is -2.05. The number of amides is 1. The summed E-state index contributed by atoms with van der Waals surface area (Å²) in [6, 6.07) is 6.69. The zero-order chi connectivity index (χ0) is 14.5. The average molecular weight is 276 g/mol. The van der Waals surface area contributed by atoms with Crippen molar-refractivity contribution in [1.82, 2.24) is 20.3 Å². The summed E-state index contributed by atoms with van der Waals surface area (Å²) in [5.41, 5.74) is 0.0454. The van der Waals surface area contributed by atoms with Crippen LogP contribution in [0.4, 0.5) is 0 Å². The smallest absolute Gasteiger partial charge is 0.305 e. The Hall–Kier alpha value is -2.77. The third-order valence-corrected chi connectivity index (χ3v) is 2.58. The first kappa shape index (κ1) is 13.7. The van der Waals surface area contributed by atoms with E-state index < -0.39 is 17.4 Å². The second-order valence-electron chi connectivity index (χ2n) is 4.06. The van der Waals surface area contributed by atoms with Crippen LogP contribution in [0.2, 0.25) is 0 Å². The number of nitrogens with zero attached hydrogens (tertiary/aromatic N) is 3. The number of fused-ring (bicyclic) bond motifs is 1. The fraction of sp³-hybridized carbons (Fsp3) is 0.250. The first-order valence-corrected chi connectivity index (χ1v) is 5.89. The summed E-state index contributed by atoms with van der Waals surface area (Å²) >= 11 is 0. The molecule has 0 radical (unpaired) electrons. The van der Waals surface area contributed by atoms with Crippen LogP contribution in [0, 0.1) is 0 Å². The van der Waals surface area contributed by atoms with E-state index in [2.05, 4.69) is 15.6 Å². The third-order valence-electron chi connectivity index (χ3n) is 2.58. The minimum Gasteiger partial charge on any atom is -0.481 e. The van der Waals surface area contributed by atoms with Crippen molar-refractivity contribution < 1.29 is 14.7 Å². The molecule has 2 aromatic rings. The van der Waals surface area contributed by atoms with Crippen molar-refractivity contribution in [2.75, 3.05) is 6.54 Å². The third kappa shape index (κ3) is 3.16. The van der Waals surface area contributed by atoms with Crippen LogP contribution in [0.3, 0.4) is 0 Å². The minimum absolute atomic E-state index is 0.00390. The first-order chi connectivity index (χ1) is 9.58. The van der Waals surface area contributed by atoms with E-state index >= 15 is 0 Å². The molecule has 0 aliphatic heterocycles. The Morgan fingerprint density at radius 1 is 1.30 bits per heavy atom. The van der Waals surface area contributed by atoms with E-state index in [0.29, 0.717) is 10.9 Å². The molecule has 8 nitrogen and oxygen atoms in total. The van der Waals surface area contributed by atoms with Gasteiger partial charge in [0.25, 0.3) is 5.56 Å². The Morgan fingerprint density at radius 2 is 2.05 bits per heavy atom. The summed E-state index contributed by atoms with van der Waals surface area (Å²) in [6.07, 6.45) is -0.177. The number of nitrogens with one attached hydrogen (secondary N) is 1. The van der Waals surface area contributed by atoms with Crippen LogP contribution in [-0.4, -0.2) is 38.5 Å². The second-order valence-corrected chi connectivity index (χ2v) is 4.06. The summed E-state index contributed by atoms with van der Waals surface area (Å²) < 4.78 is 0.943. The van der Waals surface area contributed by atoms with Crippen molar-refractivity contribution >= 4 is 22.8 Å². The molecule has 2 rings (SSSR count). The number of aliphatic carboxylic acids is 1. The molecule has 1 aromatic heterocycles. The molecule has 0 atom stereocenters. The fourth-order valence-electron chi connectivity index (χ4n) is 1.63. The van der Waals surface area contributed by atoms with Crippen LogP contribution < -0.4 is 10.9 Å². The van der Waals surface area contributed by atoms with E-state index in [9.17, 15) is 14.4 Å². The van der Waals surface area contributed by atoms with Crippen LogP contribution in [-0.2, 0) is 16.1 Å². The fourth-order valence-corrected chi connectivity index (χ4v) is 1.63. The van der Waals surface area contributed by atoms with Crippen molar-refractivity contribution in [3.8, 4) is 0 Å². The molecule has 0 bridgehead atoms. The molecule has 0 aliphatic carbocycles. The van der Waals surface area contributed by atoms with Crippen molar-refractivity contribution in [1.29, 1.82) is 0 Å². The van der Waals surface area contributed by atoms with E-state index in [1.54, 1.807) is 24.3 Å². The quantitative estimate of drug-likeness (QED) is 0.752. The van der Waals surface area contributed by atoms with Crippen molar-refractivity contribution in [3.05, 3.63) is 34.6 Å². The highest BCUT2D eigenvalue weighted by Gasteiger charge is 2.09. The highest BCUT2D eigenvalue weighted by molar-refractivity contribution is 5.78. The van der Waals surface area contributed by atoms with E-state index in [4.69, 9.17) is 5.11 Å². The molecular formula is C12H12N4O4. The van der Waals surface area contributed by atoms with E-state index in [1.165, 1.54) is 0 Å². The van der Waals surface area contributed by atoms with Gasteiger partial charge < -0.3 is 10.4 Å². The lowest BCUT2D eigenvalue weighted by Crippen LogP contribution is -2.35. The highest BCUT2D eigenvalue weighted by atomic mass is 16.4. The molecule has 20 heavy (non-hydrogen) atoms. The molecule has 2 N–H and O–H groups in total. The van der Waals surface area contributed by atoms with E-state index in [1.807, 2.05) is 0 Å². The summed E-state index contributed by atoms with van der Waals surface area (Å²) in [6.45, 7) is -0.291.